The maximum Gasteiger partial charge on any atom is 0.345 e. The van der Waals surface area contributed by atoms with Gasteiger partial charge in [-0.15, -0.1) is 0 Å². The molecular formula is C14H22NO5P. The molecule has 0 amide bonds. The number of rotatable bonds is 8. The summed E-state index contributed by atoms with van der Waals surface area (Å²) in [6.45, 7) is 3.10. The Balaban J connectivity index is 3.21. The summed E-state index contributed by atoms with van der Waals surface area (Å²) < 4.78 is 12.0. The summed E-state index contributed by atoms with van der Waals surface area (Å²) in [5, 5.41) is 7.63. The van der Waals surface area contributed by atoms with E-state index in [0.717, 1.165) is 5.56 Å². The second-order valence-electron chi connectivity index (χ2n) is 4.97. The quantitative estimate of drug-likeness (QED) is 0.637. The van der Waals surface area contributed by atoms with E-state index in [1.165, 1.54) is 4.90 Å². The molecule has 6 nitrogen and oxygen atoms in total. The van der Waals surface area contributed by atoms with Gasteiger partial charge >= 0.3 is 13.6 Å². The smallest absolute Gasteiger partial charge is 0.345 e. The van der Waals surface area contributed by atoms with Gasteiger partial charge in [0, 0.05) is 6.54 Å². The van der Waals surface area contributed by atoms with E-state index in [9.17, 15) is 19.1 Å². The highest BCUT2D eigenvalue weighted by molar-refractivity contribution is 7.53. The Bertz CT molecular complexity index is 509. The fourth-order valence-corrected chi connectivity index (χ4v) is 3.94. The molecular weight excluding hydrogens is 293 g/mol. The molecule has 0 saturated heterocycles. The average molecular weight is 315 g/mol. The molecule has 118 valence electrons. The molecule has 7 heteroatoms. The van der Waals surface area contributed by atoms with Gasteiger partial charge in [0.25, 0.3) is 0 Å². The molecule has 0 aromatic heterocycles. The standard InChI is InChI=1S/C14H22NO5P/c1-3-14(4-2,21(18,19)20)15(11-13(16)17)10-12-8-6-5-7-9-12/h5-9H,3-4,10-11H2,1-2H3,(H,16,17)(H2,18,19,20). The number of nitrogens with zero attached hydrogens (tertiary/aromatic N) is 1. The minimum Gasteiger partial charge on any atom is -0.480 e. The predicted octanol–water partition coefficient (Wildman–Crippen LogP) is 2.27. The molecule has 0 heterocycles. The second-order valence-corrected chi connectivity index (χ2v) is 6.89. The molecule has 1 aromatic rings. The van der Waals surface area contributed by atoms with Crippen LogP contribution in [0.3, 0.4) is 0 Å². The molecule has 0 bridgehead atoms. The van der Waals surface area contributed by atoms with Gasteiger partial charge in [-0.2, -0.15) is 0 Å². The number of benzene rings is 1. The van der Waals surface area contributed by atoms with E-state index in [2.05, 4.69) is 0 Å². The Morgan fingerprint density at radius 3 is 2.10 bits per heavy atom. The molecule has 0 aliphatic rings. The minimum absolute atomic E-state index is 0.174. The Hall–Kier alpha value is -1.20. The molecule has 0 aliphatic carbocycles. The van der Waals surface area contributed by atoms with Gasteiger partial charge < -0.3 is 14.9 Å². The van der Waals surface area contributed by atoms with E-state index < -0.39 is 25.4 Å². The van der Waals surface area contributed by atoms with Gasteiger partial charge in [-0.05, 0) is 18.4 Å². The first-order valence-corrected chi connectivity index (χ1v) is 8.44. The van der Waals surface area contributed by atoms with Crippen LogP contribution in [-0.2, 0) is 15.9 Å². The van der Waals surface area contributed by atoms with Crippen LogP contribution in [0.15, 0.2) is 30.3 Å². The van der Waals surface area contributed by atoms with Gasteiger partial charge in [-0.25, -0.2) is 0 Å². The molecule has 0 unspecified atom stereocenters. The van der Waals surface area contributed by atoms with Gasteiger partial charge in [0.2, 0.25) is 0 Å². The lowest BCUT2D eigenvalue weighted by Crippen LogP contribution is -2.49. The Kier molecular flexibility index (Phi) is 6.10. The minimum atomic E-state index is -4.49. The van der Waals surface area contributed by atoms with Crippen molar-refractivity contribution in [1.29, 1.82) is 0 Å². The van der Waals surface area contributed by atoms with Crippen LogP contribution in [-0.4, -0.2) is 37.6 Å². The molecule has 3 N–H and O–H groups in total. The van der Waals surface area contributed by atoms with E-state index in [-0.39, 0.29) is 19.4 Å². The number of carbonyl (C=O) groups is 1. The highest BCUT2D eigenvalue weighted by atomic mass is 31.2. The van der Waals surface area contributed by atoms with Crippen LogP contribution in [0.5, 0.6) is 0 Å². The first-order chi connectivity index (χ1) is 9.76. The predicted molar refractivity (Wildman–Crippen MR) is 79.8 cm³/mol. The largest absolute Gasteiger partial charge is 0.480 e. The molecule has 1 aromatic carbocycles. The van der Waals surface area contributed by atoms with Crippen molar-refractivity contribution in [3.63, 3.8) is 0 Å². The summed E-state index contributed by atoms with van der Waals surface area (Å²) in [6.07, 6.45) is 0.349. The van der Waals surface area contributed by atoms with E-state index in [4.69, 9.17) is 5.11 Å². The molecule has 21 heavy (non-hydrogen) atoms. The van der Waals surface area contributed by atoms with Crippen LogP contribution in [0.4, 0.5) is 0 Å². The van der Waals surface area contributed by atoms with E-state index >= 15 is 0 Å². The fraction of sp³-hybridized carbons (Fsp3) is 0.500. The fourth-order valence-electron chi connectivity index (χ4n) is 2.61. The SMILES string of the molecule is CCC(CC)(N(CC(=O)O)Cc1ccccc1)P(=O)(O)O. The molecule has 0 saturated carbocycles. The molecule has 0 atom stereocenters. The van der Waals surface area contributed by atoms with Crippen LogP contribution in [0.2, 0.25) is 0 Å². The zero-order chi connectivity index (χ0) is 16.1. The third kappa shape index (κ3) is 4.14. The molecule has 0 fully saturated rings. The zero-order valence-electron chi connectivity index (χ0n) is 12.3. The van der Waals surface area contributed by atoms with Crippen molar-refractivity contribution in [1.82, 2.24) is 4.90 Å². The third-order valence-electron chi connectivity index (χ3n) is 3.81. The van der Waals surface area contributed by atoms with Crippen molar-refractivity contribution < 1.29 is 24.3 Å². The third-order valence-corrected chi connectivity index (χ3v) is 5.81. The second kappa shape index (κ2) is 7.18. The van der Waals surface area contributed by atoms with Gasteiger partial charge in [-0.3, -0.25) is 14.3 Å². The molecule has 0 radical (unpaired) electrons. The monoisotopic (exact) mass is 315 g/mol. The topological polar surface area (TPSA) is 98.1 Å². The highest BCUT2D eigenvalue weighted by Crippen LogP contribution is 2.56. The number of hydrogen-bond donors (Lipinski definition) is 3. The summed E-state index contributed by atoms with van der Waals surface area (Å²) in [4.78, 5) is 32.0. The zero-order valence-corrected chi connectivity index (χ0v) is 13.2. The van der Waals surface area contributed by atoms with Gasteiger partial charge in [0.15, 0.2) is 0 Å². The maximum atomic E-state index is 12.0. The molecule has 0 spiro atoms. The summed E-state index contributed by atoms with van der Waals surface area (Å²) in [6, 6.07) is 9.08. The maximum absolute atomic E-state index is 12.0. The number of carboxylic acid groups (broad SMARTS) is 1. The average Bonchev–Trinajstić information content (AvgIpc) is 2.39. The Morgan fingerprint density at radius 1 is 1.19 bits per heavy atom. The summed E-state index contributed by atoms with van der Waals surface area (Å²) in [5.41, 5.74) is 0.818. The Labute approximate surface area is 124 Å². The van der Waals surface area contributed by atoms with Crippen molar-refractivity contribution in [2.24, 2.45) is 0 Å². The summed E-state index contributed by atoms with van der Waals surface area (Å²) >= 11 is 0. The first-order valence-electron chi connectivity index (χ1n) is 6.83. The van der Waals surface area contributed by atoms with Crippen LogP contribution >= 0.6 is 7.60 Å². The van der Waals surface area contributed by atoms with Crippen LogP contribution < -0.4 is 0 Å². The van der Waals surface area contributed by atoms with Crippen molar-refractivity contribution in [3.05, 3.63) is 35.9 Å². The number of carboxylic acids is 1. The Morgan fingerprint density at radius 2 is 1.71 bits per heavy atom. The van der Waals surface area contributed by atoms with Gasteiger partial charge in [-0.1, -0.05) is 44.2 Å². The van der Waals surface area contributed by atoms with E-state index in [1.54, 1.807) is 13.8 Å². The van der Waals surface area contributed by atoms with Gasteiger partial charge in [0.1, 0.15) is 5.28 Å². The lowest BCUT2D eigenvalue weighted by molar-refractivity contribution is -0.139. The summed E-state index contributed by atoms with van der Waals surface area (Å²) in [7, 11) is -4.49. The van der Waals surface area contributed by atoms with Crippen molar-refractivity contribution in [2.45, 2.75) is 38.5 Å². The van der Waals surface area contributed by atoms with Crippen molar-refractivity contribution in [3.8, 4) is 0 Å². The van der Waals surface area contributed by atoms with E-state index in [1.807, 2.05) is 30.3 Å². The van der Waals surface area contributed by atoms with Crippen LogP contribution in [0.25, 0.3) is 0 Å². The van der Waals surface area contributed by atoms with Crippen LogP contribution in [0, 0.1) is 0 Å². The van der Waals surface area contributed by atoms with Gasteiger partial charge in [0.05, 0.1) is 6.54 Å². The number of hydrogen-bond acceptors (Lipinski definition) is 3. The summed E-state index contributed by atoms with van der Waals surface area (Å²) in [5.74, 6) is -1.11. The molecule has 0 aliphatic heterocycles. The van der Waals surface area contributed by atoms with Crippen molar-refractivity contribution in [2.75, 3.05) is 6.54 Å². The molecule has 1 rings (SSSR count). The normalized spacial score (nSPS) is 12.6. The lowest BCUT2D eigenvalue weighted by Gasteiger charge is -2.42. The van der Waals surface area contributed by atoms with Crippen molar-refractivity contribution >= 4 is 13.6 Å². The lowest BCUT2D eigenvalue weighted by atomic mass is 10.1. The van der Waals surface area contributed by atoms with Crippen LogP contribution in [0.1, 0.15) is 32.3 Å². The highest BCUT2D eigenvalue weighted by Gasteiger charge is 2.49. The van der Waals surface area contributed by atoms with E-state index in [0.29, 0.717) is 0 Å². The number of aliphatic carboxylic acids is 1. The first kappa shape index (κ1) is 17.9.